The molecule has 2 heterocycles. The van der Waals surface area contributed by atoms with E-state index in [-0.39, 0.29) is 5.82 Å². The summed E-state index contributed by atoms with van der Waals surface area (Å²) in [7, 11) is 0. The number of aromatic nitrogens is 3. The zero-order chi connectivity index (χ0) is 17.1. The summed E-state index contributed by atoms with van der Waals surface area (Å²) < 4.78 is 13.0. The average molecular weight is 335 g/mol. The highest BCUT2D eigenvalue weighted by Crippen LogP contribution is 2.22. The molecule has 25 heavy (non-hydrogen) atoms. The molecule has 0 saturated heterocycles. The summed E-state index contributed by atoms with van der Waals surface area (Å²) in [5.41, 5.74) is 3.69. The van der Waals surface area contributed by atoms with Crippen molar-refractivity contribution >= 4 is 11.8 Å². The van der Waals surface area contributed by atoms with Crippen molar-refractivity contribution in [1.82, 2.24) is 15.2 Å². The molecule has 3 aromatic rings. The van der Waals surface area contributed by atoms with Gasteiger partial charge in [0.15, 0.2) is 5.82 Å². The van der Waals surface area contributed by atoms with Crippen LogP contribution in [0.3, 0.4) is 0 Å². The molecule has 0 spiro atoms. The number of nitrogens with one attached hydrogen (secondary N) is 1. The predicted molar refractivity (Wildman–Crippen MR) is 94.7 cm³/mol. The summed E-state index contributed by atoms with van der Waals surface area (Å²) in [5, 5.41) is 11.2. The topological polar surface area (TPSA) is 53.9 Å². The van der Waals surface area contributed by atoms with Crippen molar-refractivity contribution in [2.45, 2.75) is 19.5 Å². The molecule has 4 rings (SSSR count). The second kappa shape index (κ2) is 6.84. The number of benzene rings is 2. The first kappa shape index (κ1) is 15.5. The summed E-state index contributed by atoms with van der Waals surface area (Å²) in [5.74, 6) is 1.04. The summed E-state index contributed by atoms with van der Waals surface area (Å²) in [4.78, 5) is 6.78. The largest absolute Gasteiger partial charge is 0.350 e. The van der Waals surface area contributed by atoms with Gasteiger partial charge in [-0.2, -0.15) is 10.1 Å². The van der Waals surface area contributed by atoms with Gasteiger partial charge >= 0.3 is 0 Å². The fourth-order valence-electron chi connectivity index (χ4n) is 3.00. The molecule has 0 atom stereocenters. The lowest BCUT2D eigenvalue weighted by molar-refractivity contribution is 0.627. The monoisotopic (exact) mass is 335 g/mol. The molecule has 0 unspecified atom stereocenters. The molecule has 0 bridgehead atoms. The summed E-state index contributed by atoms with van der Waals surface area (Å²) >= 11 is 0. The minimum absolute atomic E-state index is 0.242. The molecule has 0 radical (unpaired) electrons. The van der Waals surface area contributed by atoms with Crippen molar-refractivity contribution < 1.29 is 4.39 Å². The first-order valence-electron chi connectivity index (χ1n) is 8.28. The number of nitrogens with zero attached hydrogens (tertiary/aromatic N) is 4. The second-order valence-corrected chi connectivity index (χ2v) is 6.06. The van der Waals surface area contributed by atoms with Crippen LogP contribution in [0.4, 0.5) is 16.2 Å². The molecule has 2 aromatic carbocycles. The molecule has 1 aliphatic heterocycles. The van der Waals surface area contributed by atoms with Gasteiger partial charge in [0.2, 0.25) is 5.95 Å². The normalized spacial score (nSPS) is 13.4. The Labute approximate surface area is 145 Å². The molecule has 6 heteroatoms. The molecular weight excluding hydrogens is 317 g/mol. The van der Waals surface area contributed by atoms with Crippen LogP contribution in [0, 0.1) is 5.82 Å². The lowest BCUT2D eigenvalue weighted by Crippen LogP contribution is -2.31. The van der Waals surface area contributed by atoms with E-state index in [1.165, 1.54) is 23.3 Å². The zero-order valence-electron chi connectivity index (χ0n) is 13.7. The smallest absolute Gasteiger partial charge is 0.244 e. The van der Waals surface area contributed by atoms with Crippen LogP contribution in [0.15, 0.2) is 54.7 Å². The Morgan fingerprint density at radius 1 is 1.04 bits per heavy atom. The molecule has 5 nitrogen and oxygen atoms in total. The quantitative estimate of drug-likeness (QED) is 0.793. The van der Waals surface area contributed by atoms with Gasteiger partial charge in [-0.1, -0.05) is 36.4 Å². The van der Waals surface area contributed by atoms with Gasteiger partial charge in [0.25, 0.3) is 0 Å². The molecule has 1 aromatic heterocycles. The van der Waals surface area contributed by atoms with Gasteiger partial charge in [0.05, 0.1) is 6.20 Å². The van der Waals surface area contributed by atoms with E-state index in [0.717, 1.165) is 30.9 Å². The van der Waals surface area contributed by atoms with Crippen LogP contribution in [0.25, 0.3) is 0 Å². The number of hydrogen-bond donors (Lipinski definition) is 1. The molecule has 1 N–H and O–H groups in total. The van der Waals surface area contributed by atoms with E-state index in [0.29, 0.717) is 12.5 Å². The van der Waals surface area contributed by atoms with Gasteiger partial charge in [-0.05, 0) is 35.2 Å². The number of anilines is 2. The van der Waals surface area contributed by atoms with E-state index in [9.17, 15) is 4.39 Å². The van der Waals surface area contributed by atoms with E-state index in [1.807, 2.05) is 0 Å². The minimum atomic E-state index is -0.242. The van der Waals surface area contributed by atoms with Crippen molar-refractivity contribution in [3.05, 3.63) is 77.2 Å². The Hall–Kier alpha value is -3.02. The van der Waals surface area contributed by atoms with Gasteiger partial charge in [-0.15, -0.1) is 5.10 Å². The highest BCUT2D eigenvalue weighted by molar-refractivity contribution is 5.45. The lowest BCUT2D eigenvalue weighted by Gasteiger charge is -2.29. The van der Waals surface area contributed by atoms with Crippen LogP contribution < -0.4 is 10.2 Å². The van der Waals surface area contributed by atoms with Crippen LogP contribution in [-0.2, 0) is 19.5 Å². The van der Waals surface area contributed by atoms with E-state index >= 15 is 0 Å². The first-order valence-corrected chi connectivity index (χ1v) is 8.28. The van der Waals surface area contributed by atoms with Crippen molar-refractivity contribution in [3.8, 4) is 0 Å². The van der Waals surface area contributed by atoms with Gasteiger partial charge in [0.1, 0.15) is 5.82 Å². The third kappa shape index (κ3) is 3.57. The average Bonchev–Trinajstić information content (AvgIpc) is 2.67. The SMILES string of the molecule is Fc1ccc(CNc2nncc(N3CCc4ccccc4C3)n2)cc1. The van der Waals surface area contributed by atoms with Crippen LogP contribution in [0.5, 0.6) is 0 Å². The Balaban J connectivity index is 1.45. The third-order valence-corrected chi connectivity index (χ3v) is 4.36. The van der Waals surface area contributed by atoms with Crippen LogP contribution in [0.2, 0.25) is 0 Å². The number of halogens is 1. The van der Waals surface area contributed by atoms with Gasteiger partial charge in [-0.3, -0.25) is 0 Å². The highest BCUT2D eigenvalue weighted by Gasteiger charge is 2.17. The molecule has 1 aliphatic rings. The Kier molecular flexibility index (Phi) is 4.24. The van der Waals surface area contributed by atoms with Gasteiger partial charge < -0.3 is 10.2 Å². The first-order chi connectivity index (χ1) is 12.3. The number of hydrogen-bond acceptors (Lipinski definition) is 5. The van der Waals surface area contributed by atoms with Crippen molar-refractivity contribution in [1.29, 1.82) is 0 Å². The van der Waals surface area contributed by atoms with Crippen LogP contribution in [0.1, 0.15) is 16.7 Å². The van der Waals surface area contributed by atoms with Crippen molar-refractivity contribution in [3.63, 3.8) is 0 Å². The summed E-state index contributed by atoms with van der Waals surface area (Å²) in [6, 6.07) is 14.8. The molecular formula is C19H18FN5. The van der Waals surface area contributed by atoms with E-state index in [2.05, 4.69) is 49.7 Å². The maximum absolute atomic E-state index is 13.0. The van der Waals surface area contributed by atoms with E-state index < -0.39 is 0 Å². The highest BCUT2D eigenvalue weighted by atomic mass is 19.1. The fraction of sp³-hybridized carbons (Fsp3) is 0.211. The minimum Gasteiger partial charge on any atom is -0.350 e. The summed E-state index contributed by atoms with van der Waals surface area (Å²) in [6.07, 6.45) is 2.69. The maximum Gasteiger partial charge on any atom is 0.244 e. The van der Waals surface area contributed by atoms with Crippen LogP contribution in [-0.4, -0.2) is 21.7 Å². The number of fused-ring (bicyclic) bond motifs is 1. The van der Waals surface area contributed by atoms with Crippen molar-refractivity contribution in [2.24, 2.45) is 0 Å². The van der Waals surface area contributed by atoms with Crippen LogP contribution >= 0.6 is 0 Å². The Morgan fingerprint density at radius 3 is 2.68 bits per heavy atom. The van der Waals surface area contributed by atoms with Gasteiger partial charge in [-0.25, -0.2) is 4.39 Å². The molecule has 0 amide bonds. The lowest BCUT2D eigenvalue weighted by atomic mass is 10.0. The molecule has 126 valence electrons. The fourth-order valence-corrected chi connectivity index (χ4v) is 3.00. The zero-order valence-corrected chi connectivity index (χ0v) is 13.7. The van der Waals surface area contributed by atoms with Crippen molar-refractivity contribution in [2.75, 3.05) is 16.8 Å². The maximum atomic E-state index is 13.0. The Morgan fingerprint density at radius 2 is 1.84 bits per heavy atom. The predicted octanol–water partition coefficient (Wildman–Crippen LogP) is 3.19. The standard InChI is InChI=1S/C19H18FN5/c20-17-7-5-14(6-8-17)11-21-19-23-18(12-22-24-19)25-10-9-15-3-1-2-4-16(15)13-25/h1-8,12H,9-11,13H2,(H,21,23,24). The number of rotatable bonds is 4. The molecule has 0 aliphatic carbocycles. The van der Waals surface area contributed by atoms with Gasteiger partial charge in [0, 0.05) is 19.6 Å². The summed E-state index contributed by atoms with van der Waals surface area (Å²) in [6.45, 7) is 2.26. The molecule has 0 fully saturated rings. The molecule has 0 saturated carbocycles. The third-order valence-electron chi connectivity index (χ3n) is 4.36. The van der Waals surface area contributed by atoms with E-state index in [4.69, 9.17) is 0 Å². The second-order valence-electron chi connectivity index (χ2n) is 6.06. The van der Waals surface area contributed by atoms with E-state index in [1.54, 1.807) is 18.3 Å². The Bertz CT molecular complexity index is 866.